The van der Waals surface area contributed by atoms with Crippen molar-refractivity contribution in [3.63, 3.8) is 0 Å². The Morgan fingerprint density at radius 3 is 2.24 bits per heavy atom. The van der Waals surface area contributed by atoms with E-state index in [9.17, 15) is 22.8 Å². The van der Waals surface area contributed by atoms with Crippen molar-refractivity contribution in [1.82, 2.24) is 5.32 Å². The number of carbonyl (C=O) groups is 2. The zero-order valence-electron chi connectivity index (χ0n) is 9.37. The van der Waals surface area contributed by atoms with Crippen molar-refractivity contribution in [3.05, 3.63) is 0 Å². The molecule has 0 aromatic heterocycles. The molecule has 0 aliphatic heterocycles. The Hall–Kier alpha value is -1.31. The van der Waals surface area contributed by atoms with Crippen molar-refractivity contribution in [2.75, 3.05) is 6.61 Å². The first-order chi connectivity index (χ1) is 7.64. The number of nitrogens with one attached hydrogen (secondary N) is 1. The van der Waals surface area contributed by atoms with E-state index in [0.717, 1.165) is 0 Å². The highest BCUT2D eigenvalue weighted by Crippen LogP contribution is 2.14. The topological polar surface area (TPSA) is 75.6 Å². The van der Waals surface area contributed by atoms with Crippen molar-refractivity contribution >= 4 is 11.9 Å². The molecule has 0 saturated heterocycles. The van der Waals surface area contributed by atoms with Gasteiger partial charge in [0.2, 0.25) is 0 Å². The maximum Gasteiger partial charge on any atom is 0.471 e. The molecule has 0 saturated carbocycles. The summed E-state index contributed by atoms with van der Waals surface area (Å²) in [6.07, 6.45) is -5.48. The lowest BCUT2D eigenvalue weighted by Gasteiger charge is -2.16. The Morgan fingerprint density at radius 2 is 1.88 bits per heavy atom. The van der Waals surface area contributed by atoms with E-state index in [0.29, 0.717) is 0 Å². The van der Waals surface area contributed by atoms with Gasteiger partial charge < -0.3 is 15.2 Å². The number of hydrogen-bond acceptors (Lipinski definition) is 3. The van der Waals surface area contributed by atoms with Crippen molar-refractivity contribution in [2.45, 2.75) is 38.6 Å². The number of ether oxygens (including phenoxy) is 1. The Kier molecular flexibility index (Phi) is 5.94. The number of aliphatic carboxylic acids is 1. The van der Waals surface area contributed by atoms with Gasteiger partial charge in [-0.2, -0.15) is 13.2 Å². The second kappa shape index (κ2) is 6.43. The predicted octanol–water partition coefficient (Wildman–Crippen LogP) is 0.933. The first kappa shape index (κ1) is 15.7. The number of carbonyl (C=O) groups excluding carboxylic acids is 1. The van der Waals surface area contributed by atoms with Crippen LogP contribution in [0.2, 0.25) is 0 Å². The van der Waals surface area contributed by atoms with Crippen molar-refractivity contribution < 1.29 is 32.6 Å². The summed E-state index contributed by atoms with van der Waals surface area (Å²) in [6.45, 7) is 3.35. The first-order valence-corrected chi connectivity index (χ1v) is 4.86. The SMILES string of the molecule is CC(C)OCCC(NC(=O)C(F)(F)F)C(=O)O. The smallest absolute Gasteiger partial charge is 0.471 e. The van der Waals surface area contributed by atoms with Crippen LogP contribution in [0.3, 0.4) is 0 Å². The average Bonchev–Trinajstić information content (AvgIpc) is 2.13. The van der Waals surface area contributed by atoms with E-state index in [1.807, 2.05) is 0 Å². The number of carboxylic acids is 1. The highest BCUT2D eigenvalue weighted by molar-refractivity contribution is 5.86. The van der Waals surface area contributed by atoms with E-state index in [-0.39, 0.29) is 19.1 Å². The molecule has 1 amide bonds. The first-order valence-electron chi connectivity index (χ1n) is 4.86. The number of halogens is 3. The van der Waals surface area contributed by atoms with Crippen LogP contribution in [0.25, 0.3) is 0 Å². The molecular formula is C9H14F3NO4. The van der Waals surface area contributed by atoms with Gasteiger partial charge in [-0.1, -0.05) is 0 Å². The maximum absolute atomic E-state index is 11.9. The molecule has 2 N–H and O–H groups in total. The van der Waals surface area contributed by atoms with Gasteiger partial charge in [-0.25, -0.2) is 4.79 Å². The Balaban J connectivity index is 4.26. The fourth-order valence-corrected chi connectivity index (χ4v) is 0.919. The Labute approximate surface area is 95.9 Å². The summed E-state index contributed by atoms with van der Waals surface area (Å²) in [5, 5.41) is 10.0. The summed E-state index contributed by atoms with van der Waals surface area (Å²) in [4.78, 5) is 21.1. The van der Waals surface area contributed by atoms with Crippen molar-refractivity contribution in [2.24, 2.45) is 0 Å². The molecule has 0 aliphatic rings. The van der Waals surface area contributed by atoms with Crippen LogP contribution in [0.1, 0.15) is 20.3 Å². The maximum atomic E-state index is 11.9. The van der Waals surface area contributed by atoms with E-state index in [1.165, 1.54) is 5.32 Å². The average molecular weight is 257 g/mol. The normalized spacial score (nSPS) is 13.5. The van der Waals surface area contributed by atoms with Crippen LogP contribution in [-0.2, 0) is 14.3 Å². The third kappa shape index (κ3) is 6.77. The standard InChI is InChI=1S/C9H14F3NO4/c1-5(2)17-4-3-6(7(14)15)13-8(16)9(10,11)12/h5-6H,3-4H2,1-2H3,(H,13,16)(H,14,15). The number of rotatable bonds is 6. The molecule has 1 atom stereocenters. The third-order valence-corrected chi connectivity index (χ3v) is 1.72. The van der Waals surface area contributed by atoms with Gasteiger partial charge in [0.1, 0.15) is 6.04 Å². The minimum atomic E-state index is -5.09. The van der Waals surface area contributed by atoms with Gasteiger partial charge >= 0.3 is 18.1 Å². The molecule has 0 rings (SSSR count). The van der Waals surface area contributed by atoms with Crippen LogP contribution in [-0.4, -0.2) is 41.9 Å². The summed E-state index contributed by atoms with van der Waals surface area (Å²) >= 11 is 0. The van der Waals surface area contributed by atoms with Gasteiger partial charge in [0, 0.05) is 13.0 Å². The minimum Gasteiger partial charge on any atom is -0.480 e. The van der Waals surface area contributed by atoms with Crippen LogP contribution < -0.4 is 5.32 Å². The predicted molar refractivity (Wildman–Crippen MR) is 51.3 cm³/mol. The van der Waals surface area contributed by atoms with Gasteiger partial charge in [0.15, 0.2) is 0 Å². The summed E-state index contributed by atoms with van der Waals surface area (Å²) in [7, 11) is 0. The van der Waals surface area contributed by atoms with Gasteiger partial charge in [-0.3, -0.25) is 4.79 Å². The lowest BCUT2D eigenvalue weighted by Crippen LogP contribution is -2.47. The molecule has 17 heavy (non-hydrogen) atoms. The number of alkyl halides is 3. The Bertz CT molecular complexity index is 278. The molecular weight excluding hydrogens is 243 g/mol. The van der Waals surface area contributed by atoms with Crippen LogP contribution in [0.5, 0.6) is 0 Å². The molecule has 0 heterocycles. The summed E-state index contributed by atoms with van der Waals surface area (Å²) < 4.78 is 40.7. The molecule has 100 valence electrons. The number of hydrogen-bond donors (Lipinski definition) is 2. The molecule has 0 aromatic rings. The molecule has 0 aliphatic carbocycles. The number of amides is 1. The Morgan fingerprint density at radius 1 is 1.35 bits per heavy atom. The quantitative estimate of drug-likeness (QED) is 0.742. The second-order valence-electron chi connectivity index (χ2n) is 3.57. The van der Waals surface area contributed by atoms with E-state index in [4.69, 9.17) is 9.84 Å². The largest absolute Gasteiger partial charge is 0.480 e. The summed E-state index contributed by atoms with van der Waals surface area (Å²) in [6, 6.07) is -1.61. The minimum absolute atomic E-state index is 0.0488. The van der Waals surface area contributed by atoms with Gasteiger partial charge in [-0.05, 0) is 13.8 Å². The van der Waals surface area contributed by atoms with E-state index >= 15 is 0 Å². The van der Waals surface area contributed by atoms with Crippen LogP contribution in [0.15, 0.2) is 0 Å². The molecule has 0 bridgehead atoms. The molecule has 0 radical (unpaired) electrons. The van der Waals surface area contributed by atoms with Crippen LogP contribution >= 0.6 is 0 Å². The molecule has 5 nitrogen and oxygen atoms in total. The van der Waals surface area contributed by atoms with Gasteiger partial charge in [0.05, 0.1) is 6.10 Å². The van der Waals surface area contributed by atoms with Gasteiger partial charge in [-0.15, -0.1) is 0 Å². The van der Waals surface area contributed by atoms with E-state index in [1.54, 1.807) is 13.8 Å². The monoisotopic (exact) mass is 257 g/mol. The van der Waals surface area contributed by atoms with Crippen molar-refractivity contribution in [3.8, 4) is 0 Å². The molecule has 1 unspecified atom stereocenters. The highest BCUT2D eigenvalue weighted by atomic mass is 19.4. The van der Waals surface area contributed by atoms with Crippen LogP contribution in [0.4, 0.5) is 13.2 Å². The van der Waals surface area contributed by atoms with Gasteiger partial charge in [0.25, 0.3) is 0 Å². The zero-order chi connectivity index (χ0) is 13.6. The molecule has 8 heteroatoms. The molecule has 0 aromatic carbocycles. The summed E-state index contributed by atoms with van der Waals surface area (Å²) in [5.74, 6) is -3.80. The van der Waals surface area contributed by atoms with Crippen LogP contribution in [0, 0.1) is 0 Å². The molecule has 0 spiro atoms. The van der Waals surface area contributed by atoms with E-state index in [2.05, 4.69) is 0 Å². The third-order valence-electron chi connectivity index (χ3n) is 1.72. The summed E-state index contributed by atoms with van der Waals surface area (Å²) in [5.41, 5.74) is 0. The van der Waals surface area contributed by atoms with E-state index < -0.39 is 24.1 Å². The second-order valence-corrected chi connectivity index (χ2v) is 3.57. The highest BCUT2D eigenvalue weighted by Gasteiger charge is 2.40. The lowest BCUT2D eigenvalue weighted by molar-refractivity contribution is -0.175. The lowest BCUT2D eigenvalue weighted by atomic mass is 10.2. The fraction of sp³-hybridized carbons (Fsp3) is 0.778. The molecule has 0 fully saturated rings. The zero-order valence-corrected chi connectivity index (χ0v) is 9.37. The fourth-order valence-electron chi connectivity index (χ4n) is 0.919. The van der Waals surface area contributed by atoms with Crippen molar-refractivity contribution in [1.29, 1.82) is 0 Å². The number of carboxylic acid groups (broad SMARTS) is 1.